The zero-order valence-electron chi connectivity index (χ0n) is 14.1. The lowest BCUT2D eigenvalue weighted by Crippen LogP contribution is -2.43. The number of hydrogen-bond donors (Lipinski definition) is 1. The highest BCUT2D eigenvalue weighted by Gasteiger charge is 2.29. The number of amides is 1. The maximum Gasteiger partial charge on any atom is 0.266 e. The van der Waals surface area contributed by atoms with E-state index in [1.807, 2.05) is 54.6 Å². The van der Waals surface area contributed by atoms with E-state index < -0.39 is 6.17 Å². The van der Waals surface area contributed by atoms with Crippen molar-refractivity contribution in [2.24, 2.45) is 16.6 Å². The van der Waals surface area contributed by atoms with Crippen LogP contribution in [0, 0.1) is 5.92 Å². The Morgan fingerprint density at radius 2 is 1.75 bits per heavy atom. The van der Waals surface area contributed by atoms with Crippen LogP contribution in [0.5, 0.6) is 0 Å². The summed E-state index contributed by atoms with van der Waals surface area (Å²) < 4.78 is 0. The van der Waals surface area contributed by atoms with Crippen LogP contribution in [0.4, 0.5) is 5.69 Å². The summed E-state index contributed by atoms with van der Waals surface area (Å²) in [6.45, 7) is 4.96. The van der Waals surface area contributed by atoms with Gasteiger partial charge in [0.25, 0.3) is 5.91 Å². The molecule has 0 aromatic heterocycles. The number of rotatable bonds is 4. The zero-order chi connectivity index (χ0) is 17.1. The largest absolute Gasteiger partial charge is 0.309 e. The highest BCUT2D eigenvalue weighted by Crippen LogP contribution is 2.28. The maximum atomic E-state index is 12.8. The van der Waals surface area contributed by atoms with E-state index in [-0.39, 0.29) is 5.91 Å². The third kappa shape index (κ3) is 3.24. The summed E-state index contributed by atoms with van der Waals surface area (Å²) in [6, 6.07) is 17.8. The van der Waals surface area contributed by atoms with Gasteiger partial charge in [-0.1, -0.05) is 62.4 Å². The van der Waals surface area contributed by atoms with Gasteiger partial charge in [0.2, 0.25) is 0 Å². The van der Waals surface area contributed by atoms with Crippen molar-refractivity contribution in [1.82, 2.24) is 0 Å². The molecule has 0 fully saturated rings. The minimum atomic E-state index is -0.875. The lowest BCUT2D eigenvalue weighted by molar-refractivity contribution is -0.119. The van der Waals surface area contributed by atoms with Crippen molar-refractivity contribution in [3.8, 4) is 0 Å². The Morgan fingerprint density at radius 3 is 2.46 bits per heavy atom. The van der Waals surface area contributed by atoms with Crippen molar-refractivity contribution in [3.63, 3.8) is 0 Å². The summed E-state index contributed by atoms with van der Waals surface area (Å²) in [6.07, 6.45) is 0.0489. The van der Waals surface area contributed by atoms with Gasteiger partial charge in [0, 0.05) is 17.7 Å². The fraction of sp³-hybridized carbons (Fsp3) is 0.300. The van der Waals surface area contributed by atoms with Crippen molar-refractivity contribution >= 4 is 17.3 Å². The molecule has 0 radical (unpaired) electrons. The van der Waals surface area contributed by atoms with Gasteiger partial charge in [-0.15, -0.1) is 0 Å². The first-order valence-electron chi connectivity index (χ1n) is 8.37. The molecule has 1 atom stereocenters. The molecule has 24 heavy (non-hydrogen) atoms. The van der Waals surface area contributed by atoms with Crippen LogP contribution in [0.25, 0.3) is 0 Å². The SMILES string of the molecule is CC(C)CCN1C(=O)C(N)N=C(c2ccccc2)c2ccccc21. The molecule has 4 heteroatoms. The molecule has 3 rings (SSSR count). The first kappa shape index (κ1) is 16.4. The average Bonchev–Trinajstić information content (AvgIpc) is 2.70. The molecule has 2 N–H and O–H groups in total. The second kappa shape index (κ2) is 6.97. The molecular formula is C20H23N3O. The summed E-state index contributed by atoms with van der Waals surface area (Å²) in [5, 5.41) is 0. The molecule has 0 aliphatic carbocycles. The summed E-state index contributed by atoms with van der Waals surface area (Å²) in [4.78, 5) is 19.1. The molecule has 0 bridgehead atoms. The number of anilines is 1. The van der Waals surface area contributed by atoms with E-state index in [9.17, 15) is 4.79 Å². The van der Waals surface area contributed by atoms with Crippen molar-refractivity contribution in [2.45, 2.75) is 26.4 Å². The molecule has 0 saturated carbocycles. The Balaban J connectivity index is 2.10. The molecule has 2 aromatic rings. The number of benzene rings is 2. The van der Waals surface area contributed by atoms with Crippen molar-refractivity contribution < 1.29 is 4.79 Å². The Hall–Kier alpha value is -2.46. The Bertz CT molecular complexity index is 752. The van der Waals surface area contributed by atoms with Crippen LogP contribution in [0.2, 0.25) is 0 Å². The van der Waals surface area contributed by atoms with E-state index in [4.69, 9.17) is 5.73 Å². The average molecular weight is 321 g/mol. The highest BCUT2D eigenvalue weighted by molar-refractivity contribution is 6.20. The van der Waals surface area contributed by atoms with Crippen LogP contribution in [0.1, 0.15) is 31.4 Å². The number of aliphatic imine (C=N–C) groups is 1. The first-order chi connectivity index (χ1) is 11.6. The summed E-state index contributed by atoms with van der Waals surface area (Å²) in [7, 11) is 0. The predicted octanol–water partition coefficient (Wildman–Crippen LogP) is 3.20. The topological polar surface area (TPSA) is 58.7 Å². The van der Waals surface area contributed by atoms with Crippen molar-refractivity contribution in [3.05, 3.63) is 65.7 Å². The number of para-hydroxylation sites is 1. The predicted molar refractivity (Wildman–Crippen MR) is 98.3 cm³/mol. The van der Waals surface area contributed by atoms with Gasteiger partial charge in [-0.2, -0.15) is 0 Å². The molecular weight excluding hydrogens is 298 g/mol. The molecule has 1 amide bonds. The van der Waals surface area contributed by atoms with E-state index >= 15 is 0 Å². The highest BCUT2D eigenvalue weighted by atomic mass is 16.2. The summed E-state index contributed by atoms with van der Waals surface area (Å²) in [5.74, 6) is 0.369. The Kier molecular flexibility index (Phi) is 4.76. The van der Waals surface area contributed by atoms with E-state index in [2.05, 4.69) is 18.8 Å². The van der Waals surface area contributed by atoms with Gasteiger partial charge >= 0.3 is 0 Å². The summed E-state index contributed by atoms with van der Waals surface area (Å²) in [5.41, 5.74) is 9.69. The lowest BCUT2D eigenvalue weighted by Gasteiger charge is -2.25. The molecule has 1 unspecified atom stereocenters. The minimum Gasteiger partial charge on any atom is -0.309 e. The normalized spacial score (nSPS) is 17.5. The van der Waals surface area contributed by atoms with Gasteiger partial charge in [0.15, 0.2) is 6.17 Å². The van der Waals surface area contributed by atoms with Crippen LogP contribution in [-0.4, -0.2) is 24.3 Å². The third-order valence-corrected chi connectivity index (χ3v) is 4.21. The second-order valence-electron chi connectivity index (χ2n) is 6.48. The fourth-order valence-corrected chi connectivity index (χ4v) is 2.90. The van der Waals surface area contributed by atoms with Crippen LogP contribution >= 0.6 is 0 Å². The van der Waals surface area contributed by atoms with Gasteiger partial charge < -0.3 is 10.6 Å². The van der Waals surface area contributed by atoms with E-state index in [1.54, 1.807) is 4.90 Å². The number of carbonyl (C=O) groups excluding carboxylic acids is 1. The second-order valence-corrected chi connectivity index (χ2v) is 6.48. The minimum absolute atomic E-state index is 0.144. The monoisotopic (exact) mass is 321 g/mol. The quantitative estimate of drug-likeness (QED) is 0.940. The molecule has 1 heterocycles. The Labute approximate surface area is 143 Å². The maximum absolute atomic E-state index is 12.8. The van der Waals surface area contributed by atoms with E-state index in [1.165, 1.54) is 0 Å². The lowest BCUT2D eigenvalue weighted by atomic mass is 10.00. The molecule has 2 aromatic carbocycles. The molecule has 0 spiro atoms. The third-order valence-electron chi connectivity index (χ3n) is 4.21. The van der Waals surface area contributed by atoms with Crippen LogP contribution in [0.3, 0.4) is 0 Å². The van der Waals surface area contributed by atoms with Gasteiger partial charge in [-0.25, -0.2) is 0 Å². The number of fused-ring (bicyclic) bond motifs is 1. The molecule has 1 aliphatic rings. The van der Waals surface area contributed by atoms with Gasteiger partial charge in [0.1, 0.15) is 0 Å². The van der Waals surface area contributed by atoms with E-state index in [0.717, 1.165) is 28.9 Å². The number of nitrogens with two attached hydrogens (primary N) is 1. The fourth-order valence-electron chi connectivity index (χ4n) is 2.90. The molecule has 0 saturated heterocycles. The number of carbonyl (C=O) groups is 1. The first-order valence-corrected chi connectivity index (χ1v) is 8.37. The van der Waals surface area contributed by atoms with Crippen LogP contribution < -0.4 is 10.6 Å². The van der Waals surface area contributed by atoms with E-state index in [0.29, 0.717) is 12.5 Å². The molecule has 124 valence electrons. The summed E-state index contributed by atoms with van der Waals surface area (Å²) >= 11 is 0. The molecule has 1 aliphatic heterocycles. The standard InChI is InChI=1S/C20H23N3O/c1-14(2)12-13-23-17-11-7-6-10-16(17)18(22-19(21)20(23)24)15-8-4-3-5-9-15/h3-11,14,19H,12-13,21H2,1-2H3. The zero-order valence-corrected chi connectivity index (χ0v) is 14.1. The van der Waals surface area contributed by atoms with Crippen molar-refractivity contribution in [2.75, 3.05) is 11.4 Å². The van der Waals surface area contributed by atoms with Crippen LogP contribution in [-0.2, 0) is 4.79 Å². The molecule has 4 nitrogen and oxygen atoms in total. The number of hydrogen-bond acceptors (Lipinski definition) is 3. The Morgan fingerprint density at radius 1 is 1.08 bits per heavy atom. The number of nitrogens with zero attached hydrogens (tertiary/aromatic N) is 2. The van der Waals surface area contributed by atoms with Crippen molar-refractivity contribution in [1.29, 1.82) is 0 Å². The van der Waals surface area contributed by atoms with Gasteiger partial charge in [0.05, 0.1) is 11.4 Å². The number of benzodiazepines with no additional fused rings is 1. The smallest absolute Gasteiger partial charge is 0.266 e. The van der Waals surface area contributed by atoms with Gasteiger partial charge in [-0.3, -0.25) is 9.79 Å². The van der Waals surface area contributed by atoms with Gasteiger partial charge in [-0.05, 0) is 18.4 Å². The van der Waals surface area contributed by atoms with Crippen LogP contribution in [0.15, 0.2) is 59.6 Å².